The summed E-state index contributed by atoms with van der Waals surface area (Å²) in [7, 11) is -3.52. The normalized spacial score (nSPS) is 30.0. The predicted octanol–water partition coefficient (Wildman–Crippen LogP) is 2.72. The first-order valence-corrected chi connectivity index (χ1v) is 11.2. The quantitative estimate of drug-likeness (QED) is 0.746. The van der Waals surface area contributed by atoms with Gasteiger partial charge in [0.15, 0.2) is 0 Å². The molecule has 0 spiro atoms. The van der Waals surface area contributed by atoms with E-state index in [1.807, 2.05) is 4.90 Å². The minimum absolute atomic E-state index is 0.185. The van der Waals surface area contributed by atoms with E-state index in [0.29, 0.717) is 41.5 Å². The number of nitrogens with zero attached hydrogens (tertiary/aromatic N) is 2. The van der Waals surface area contributed by atoms with Crippen LogP contribution in [0.5, 0.6) is 0 Å². The molecule has 1 aromatic rings. The maximum atomic E-state index is 12.8. The van der Waals surface area contributed by atoms with Gasteiger partial charge in [-0.15, -0.1) is 0 Å². The second-order valence-corrected chi connectivity index (χ2v) is 10.2. The van der Waals surface area contributed by atoms with Crippen molar-refractivity contribution in [1.29, 1.82) is 0 Å². The molecule has 1 aromatic carbocycles. The fourth-order valence-corrected chi connectivity index (χ4v) is 7.11. The van der Waals surface area contributed by atoms with Gasteiger partial charge in [0.05, 0.1) is 4.90 Å². The van der Waals surface area contributed by atoms with E-state index >= 15 is 0 Å². The van der Waals surface area contributed by atoms with Crippen molar-refractivity contribution in [3.05, 3.63) is 28.7 Å². The van der Waals surface area contributed by atoms with Crippen LogP contribution in [-0.4, -0.2) is 49.7 Å². The minimum atomic E-state index is -3.52. The number of benzene rings is 1. The number of fused-ring (bicyclic) bond motifs is 2. The minimum Gasteiger partial charge on any atom is -0.340 e. The Hall–Kier alpha value is -0.920. The van der Waals surface area contributed by atoms with Crippen molar-refractivity contribution < 1.29 is 13.2 Å². The SMILES string of the molecule is O=C(C1CC2CCC1C2)N1CCN(S(=O)(=O)c2ccccc2Br)CC1. The average molecular weight is 427 g/mol. The monoisotopic (exact) mass is 426 g/mol. The third-order valence-electron chi connectivity index (χ3n) is 6.06. The summed E-state index contributed by atoms with van der Waals surface area (Å²) >= 11 is 3.33. The molecule has 1 heterocycles. The van der Waals surface area contributed by atoms with Gasteiger partial charge in [-0.3, -0.25) is 4.79 Å². The highest BCUT2D eigenvalue weighted by Gasteiger charge is 2.45. The smallest absolute Gasteiger partial charge is 0.244 e. The molecule has 5 nitrogen and oxygen atoms in total. The molecule has 2 aliphatic carbocycles. The Morgan fingerprint density at radius 2 is 1.76 bits per heavy atom. The Balaban J connectivity index is 1.41. The number of rotatable bonds is 3. The molecule has 4 rings (SSSR count). The van der Waals surface area contributed by atoms with Gasteiger partial charge in [0.2, 0.25) is 15.9 Å². The van der Waals surface area contributed by atoms with Gasteiger partial charge in [-0.05, 0) is 59.2 Å². The van der Waals surface area contributed by atoms with Crippen molar-refractivity contribution in [3.8, 4) is 0 Å². The second-order valence-electron chi connectivity index (χ2n) is 7.44. The third kappa shape index (κ3) is 3.15. The number of amides is 1. The number of sulfonamides is 1. The molecule has 1 saturated heterocycles. The van der Waals surface area contributed by atoms with Gasteiger partial charge in [-0.1, -0.05) is 18.6 Å². The van der Waals surface area contributed by atoms with Crippen LogP contribution in [0, 0.1) is 17.8 Å². The lowest BCUT2D eigenvalue weighted by Crippen LogP contribution is -2.52. The van der Waals surface area contributed by atoms with Crippen LogP contribution in [-0.2, 0) is 14.8 Å². The van der Waals surface area contributed by atoms with Crippen LogP contribution in [0.1, 0.15) is 25.7 Å². The molecular weight excluding hydrogens is 404 g/mol. The van der Waals surface area contributed by atoms with E-state index in [2.05, 4.69) is 15.9 Å². The van der Waals surface area contributed by atoms with E-state index in [4.69, 9.17) is 0 Å². The molecule has 0 N–H and O–H groups in total. The van der Waals surface area contributed by atoms with Crippen LogP contribution in [0.2, 0.25) is 0 Å². The van der Waals surface area contributed by atoms with Crippen LogP contribution in [0.4, 0.5) is 0 Å². The largest absolute Gasteiger partial charge is 0.340 e. The van der Waals surface area contributed by atoms with Gasteiger partial charge in [-0.25, -0.2) is 8.42 Å². The topological polar surface area (TPSA) is 57.7 Å². The summed E-state index contributed by atoms with van der Waals surface area (Å²) < 4.78 is 27.8. The van der Waals surface area contributed by atoms with Crippen molar-refractivity contribution in [2.45, 2.75) is 30.6 Å². The highest BCUT2D eigenvalue weighted by molar-refractivity contribution is 9.10. The van der Waals surface area contributed by atoms with E-state index in [1.165, 1.54) is 23.6 Å². The van der Waals surface area contributed by atoms with Crippen LogP contribution in [0.15, 0.2) is 33.6 Å². The first-order chi connectivity index (χ1) is 12.0. The molecule has 2 bridgehead atoms. The summed E-state index contributed by atoms with van der Waals surface area (Å²) in [6, 6.07) is 6.88. The van der Waals surface area contributed by atoms with Crippen LogP contribution in [0.25, 0.3) is 0 Å². The molecule has 3 atom stereocenters. The highest BCUT2D eigenvalue weighted by Crippen LogP contribution is 2.48. The molecule has 0 aromatic heterocycles. The summed E-state index contributed by atoms with van der Waals surface area (Å²) in [5.74, 6) is 1.76. The standard InChI is InChI=1S/C18H23BrN2O3S/c19-16-3-1-2-4-17(16)25(23,24)21-9-7-20(8-10-21)18(22)15-12-13-5-6-14(15)11-13/h1-4,13-15H,5-12H2. The Bertz CT molecular complexity index is 774. The maximum Gasteiger partial charge on any atom is 0.244 e. The lowest BCUT2D eigenvalue weighted by atomic mass is 9.87. The van der Waals surface area contributed by atoms with Gasteiger partial charge in [-0.2, -0.15) is 4.31 Å². The summed E-state index contributed by atoms with van der Waals surface area (Å²) in [6.45, 7) is 1.74. The molecule has 1 aliphatic heterocycles. The highest BCUT2D eigenvalue weighted by atomic mass is 79.9. The fourth-order valence-electron chi connectivity index (χ4n) is 4.72. The first-order valence-electron chi connectivity index (χ1n) is 9.00. The average Bonchev–Trinajstić information content (AvgIpc) is 3.25. The molecule has 3 aliphatic rings. The number of hydrogen-bond acceptors (Lipinski definition) is 3. The number of hydrogen-bond donors (Lipinski definition) is 0. The Morgan fingerprint density at radius 1 is 1.04 bits per heavy atom. The lowest BCUT2D eigenvalue weighted by Gasteiger charge is -2.36. The van der Waals surface area contributed by atoms with Crippen LogP contribution < -0.4 is 0 Å². The summed E-state index contributed by atoms with van der Waals surface area (Å²) in [6.07, 6.45) is 4.73. The predicted molar refractivity (Wildman–Crippen MR) is 98.4 cm³/mol. The number of halogens is 1. The fraction of sp³-hybridized carbons (Fsp3) is 0.611. The summed E-state index contributed by atoms with van der Waals surface area (Å²) in [4.78, 5) is 15.0. The number of carbonyl (C=O) groups is 1. The molecular formula is C18H23BrN2O3S. The van der Waals surface area contributed by atoms with Crippen LogP contribution >= 0.6 is 15.9 Å². The Morgan fingerprint density at radius 3 is 2.36 bits per heavy atom. The molecule has 136 valence electrons. The van der Waals surface area contributed by atoms with Crippen molar-refractivity contribution in [1.82, 2.24) is 9.21 Å². The third-order valence-corrected chi connectivity index (χ3v) is 8.97. The van der Waals surface area contributed by atoms with Crippen molar-refractivity contribution in [3.63, 3.8) is 0 Å². The van der Waals surface area contributed by atoms with E-state index in [-0.39, 0.29) is 11.8 Å². The van der Waals surface area contributed by atoms with E-state index < -0.39 is 10.0 Å². The summed E-state index contributed by atoms with van der Waals surface area (Å²) in [5, 5.41) is 0. The molecule has 3 unspecified atom stereocenters. The molecule has 2 saturated carbocycles. The Kier molecular flexibility index (Phi) is 4.67. The second kappa shape index (κ2) is 6.67. The maximum absolute atomic E-state index is 12.8. The van der Waals surface area contributed by atoms with E-state index in [1.54, 1.807) is 24.3 Å². The van der Waals surface area contributed by atoms with Gasteiger partial charge in [0.25, 0.3) is 0 Å². The van der Waals surface area contributed by atoms with Gasteiger partial charge < -0.3 is 4.90 Å². The van der Waals surface area contributed by atoms with Crippen molar-refractivity contribution >= 4 is 31.9 Å². The molecule has 7 heteroatoms. The zero-order valence-electron chi connectivity index (χ0n) is 14.1. The number of carbonyl (C=O) groups excluding carboxylic acids is 1. The molecule has 3 fully saturated rings. The van der Waals surface area contributed by atoms with Crippen LogP contribution in [0.3, 0.4) is 0 Å². The van der Waals surface area contributed by atoms with Gasteiger partial charge in [0.1, 0.15) is 0 Å². The molecule has 1 amide bonds. The van der Waals surface area contributed by atoms with Gasteiger partial charge >= 0.3 is 0 Å². The molecule has 0 radical (unpaired) electrons. The zero-order valence-corrected chi connectivity index (χ0v) is 16.5. The van der Waals surface area contributed by atoms with E-state index in [0.717, 1.165) is 12.3 Å². The van der Waals surface area contributed by atoms with Crippen molar-refractivity contribution in [2.75, 3.05) is 26.2 Å². The zero-order chi connectivity index (χ0) is 17.6. The lowest BCUT2D eigenvalue weighted by molar-refractivity contribution is -0.138. The van der Waals surface area contributed by atoms with E-state index in [9.17, 15) is 13.2 Å². The number of piperazine rings is 1. The summed E-state index contributed by atoms with van der Waals surface area (Å²) in [5.41, 5.74) is 0. The van der Waals surface area contributed by atoms with Gasteiger partial charge in [0, 0.05) is 36.6 Å². The van der Waals surface area contributed by atoms with Crippen molar-refractivity contribution in [2.24, 2.45) is 17.8 Å². The Labute approximate surface area is 157 Å². The first kappa shape index (κ1) is 17.5. The molecule has 25 heavy (non-hydrogen) atoms.